The first-order chi connectivity index (χ1) is 4.30. The van der Waals surface area contributed by atoms with E-state index in [9.17, 15) is 8.78 Å². The molecule has 4 bridgehead atoms. The van der Waals surface area contributed by atoms with Crippen LogP contribution in [-0.4, -0.2) is 12.3 Å². The molecular weight excluding hydrogens is 122 g/mol. The van der Waals surface area contributed by atoms with Crippen molar-refractivity contribution in [1.29, 1.82) is 0 Å². The maximum absolute atomic E-state index is 12.8. The fourth-order valence-corrected chi connectivity index (χ4v) is 2.96. The molecule has 4 fully saturated rings. The summed E-state index contributed by atoms with van der Waals surface area (Å²) in [5.74, 6) is 0.583. The summed E-state index contributed by atoms with van der Waals surface area (Å²) < 4.78 is 25.6. The molecule has 4 atom stereocenters. The van der Waals surface area contributed by atoms with Gasteiger partial charge in [-0.05, 0) is 24.2 Å². The van der Waals surface area contributed by atoms with Crippen LogP contribution in [0.25, 0.3) is 0 Å². The smallest absolute Gasteiger partial charge is 0.109 e. The van der Waals surface area contributed by atoms with Crippen molar-refractivity contribution in [2.75, 3.05) is 0 Å². The number of alkyl halides is 2. The van der Waals surface area contributed by atoms with Crippen molar-refractivity contribution in [2.45, 2.75) is 18.8 Å². The molecule has 0 saturated heterocycles. The first-order valence-electron chi connectivity index (χ1n) is 3.59. The minimum atomic E-state index is -0.769. The largest absolute Gasteiger partial charge is 0.247 e. The molecule has 2 unspecified atom stereocenters. The Bertz CT molecular complexity index is 148. The summed E-state index contributed by atoms with van der Waals surface area (Å²) >= 11 is 0. The predicted octanol–water partition coefficient (Wildman–Crippen LogP) is 1.56. The highest BCUT2D eigenvalue weighted by molar-refractivity contribution is 5.21. The van der Waals surface area contributed by atoms with E-state index in [1.165, 1.54) is 0 Å². The summed E-state index contributed by atoms with van der Waals surface area (Å²) in [4.78, 5) is 0. The monoisotopic (exact) mass is 130 g/mol. The van der Waals surface area contributed by atoms with E-state index in [4.69, 9.17) is 0 Å². The summed E-state index contributed by atoms with van der Waals surface area (Å²) in [7, 11) is 0. The normalized spacial score (nSPS) is 75.3. The van der Waals surface area contributed by atoms with Gasteiger partial charge < -0.3 is 0 Å². The van der Waals surface area contributed by atoms with Gasteiger partial charge in [0.1, 0.15) is 12.3 Å². The van der Waals surface area contributed by atoms with Gasteiger partial charge in [0.2, 0.25) is 0 Å². The Kier molecular flexibility index (Phi) is 0.536. The lowest BCUT2D eigenvalue weighted by atomic mass is 10.1. The van der Waals surface area contributed by atoms with Crippen LogP contribution in [0.1, 0.15) is 6.42 Å². The van der Waals surface area contributed by atoms with E-state index in [2.05, 4.69) is 0 Å². The summed E-state index contributed by atoms with van der Waals surface area (Å²) in [6, 6.07) is 0. The van der Waals surface area contributed by atoms with Crippen LogP contribution in [0.2, 0.25) is 0 Å². The van der Waals surface area contributed by atoms with Crippen LogP contribution in [0.15, 0.2) is 0 Å². The fraction of sp³-hybridized carbons (Fsp3) is 1.00. The Morgan fingerprint density at radius 1 is 0.889 bits per heavy atom. The van der Waals surface area contributed by atoms with Gasteiger partial charge in [-0.2, -0.15) is 0 Å². The molecule has 4 aliphatic rings. The van der Waals surface area contributed by atoms with E-state index in [0.29, 0.717) is 5.92 Å². The van der Waals surface area contributed by atoms with E-state index in [1.807, 2.05) is 0 Å². The standard InChI is InChI=1S/C7H8F2/c8-6-3-1-2-4(6)5(2)7(3)9/h2-7H,1H2/t2?,3?,4?,5?,6-,7-/m0/s1. The van der Waals surface area contributed by atoms with Crippen LogP contribution in [0, 0.1) is 23.7 Å². The average Bonchev–Trinajstić information content (AvgIpc) is 2.18. The van der Waals surface area contributed by atoms with Crippen molar-refractivity contribution in [2.24, 2.45) is 23.7 Å². The van der Waals surface area contributed by atoms with Gasteiger partial charge >= 0.3 is 0 Å². The third kappa shape index (κ3) is 0.303. The Hall–Kier alpha value is -0.140. The van der Waals surface area contributed by atoms with E-state index in [-0.39, 0.29) is 17.8 Å². The molecule has 0 aromatic heterocycles. The molecule has 0 aliphatic heterocycles. The van der Waals surface area contributed by atoms with Crippen molar-refractivity contribution < 1.29 is 8.78 Å². The van der Waals surface area contributed by atoms with Gasteiger partial charge in [-0.25, -0.2) is 8.78 Å². The molecule has 50 valence electrons. The molecule has 4 rings (SSSR count). The van der Waals surface area contributed by atoms with Crippen LogP contribution in [0.3, 0.4) is 0 Å². The van der Waals surface area contributed by atoms with Crippen molar-refractivity contribution >= 4 is 0 Å². The van der Waals surface area contributed by atoms with Crippen molar-refractivity contribution in [3.05, 3.63) is 0 Å². The summed E-state index contributed by atoms with van der Waals surface area (Å²) in [6.07, 6.45) is -0.692. The lowest BCUT2D eigenvalue weighted by Gasteiger charge is -2.05. The highest BCUT2D eigenvalue weighted by atomic mass is 19.1. The van der Waals surface area contributed by atoms with Crippen LogP contribution in [-0.2, 0) is 0 Å². The summed E-state index contributed by atoms with van der Waals surface area (Å²) in [5, 5.41) is 0. The van der Waals surface area contributed by atoms with Crippen molar-refractivity contribution in [1.82, 2.24) is 0 Å². The molecule has 0 aromatic rings. The predicted molar refractivity (Wildman–Crippen MR) is 28.4 cm³/mol. The highest BCUT2D eigenvalue weighted by Gasteiger charge is 2.75. The molecule has 4 saturated carbocycles. The molecular formula is C7H8F2. The SMILES string of the molecule is F[C@@H]1C2C3CC1[C@H](F)C32. The number of rotatable bonds is 0. The van der Waals surface area contributed by atoms with Crippen LogP contribution in [0.5, 0.6) is 0 Å². The minimum absolute atomic E-state index is 0.157. The van der Waals surface area contributed by atoms with Gasteiger partial charge in [0, 0.05) is 5.92 Å². The summed E-state index contributed by atoms with van der Waals surface area (Å²) in [5.41, 5.74) is 0. The first kappa shape index (κ1) is 4.64. The Balaban J connectivity index is 2.07. The van der Waals surface area contributed by atoms with E-state index in [1.54, 1.807) is 0 Å². The second-order valence-corrected chi connectivity index (χ2v) is 3.61. The highest BCUT2D eigenvalue weighted by Crippen LogP contribution is 2.72. The third-order valence-electron chi connectivity index (χ3n) is 3.39. The average molecular weight is 130 g/mol. The van der Waals surface area contributed by atoms with Gasteiger partial charge in [0.15, 0.2) is 0 Å². The third-order valence-corrected chi connectivity index (χ3v) is 3.39. The molecule has 4 aliphatic carbocycles. The summed E-state index contributed by atoms with van der Waals surface area (Å²) in [6.45, 7) is 0. The molecule has 0 amide bonds. The molecule has 0 aromatic carbocycles. The molecule has 0 N–H and O–H groups in total. The quantitative estimate of drug-likeness (QED) is 0.466. The van der Waals surface area contributed by atoms with E-state index in [0.717, 1.165) is 6.42 Å². The van der Waals surface area contributed by atoms with Gasteiger partial charge in [-0.1, -0.05) is 0 Å². The Morgan fingerprint density at radius 2 is 1.44 bits per heavy atom. The van der Waals surface area contributed by atoms with Gasteiger partial charge in [-0.15, -0.1) is 0 Å². The second-order valence-electron chi connectivity index (χ2n) is 3.61. The molecule has 0 spiro atoms. The molecule has 9 heavy (non-hydrogen) atoms. The van der Waals surface area contributed by atoms with Crippen LogP contribution in [0.4, 0.5) is 8.78 Å². The topological polar surface area (TPSA) is 0 Å². The maximum atomic E-state index is 12.8. The van der Waals surface area contributed by atoms with Crippen molar-refractivity contribution in [3.63, 3.8) is 0 Å². The lowest BCUT2D eigenvalue weighted by molar-refractivity contribution is 0.201. The first-order valence-corrected chi connectivity index (χ1v) is 3.59. The molecule has 0 heterocycles. The van der Waals surface area contributed by atoms with Gasteiger partial charge in [0.05, 0.1) is 0 Å². The lowest BCUT2D eigenvalue weighted by Crippen LogP contribution is -2.12. The number of hydrogen-bond acceptors (Lipinski definition) is 0. The zero-order valence-electron chi connectivity index (χ0n) is 4.93. The van der Waals surface area contributed by atoms with Gasteiger partial charge in [0.25, 0.3) is 0 Å². The second kappa shape index (κ2) is 1.04. The maximum Gasteiger partial charge on any atom is 0.109 e. The zero-order chi connectivity index (χ0) is 6.17. The Morgan fingerprint density at radius 3 is 1.56 bits per heavy atom. The number of hydrogen-bond donors (Lipinski definition) is 0. The van der Waals surface area contributed by atoms with E-state index < -0.39 is 12.3 Å². The minimum Gasteiger partial charge on any atom is -0.247 e. The zero-order valence-corrected chi connectivity index (χ0v) is 4.93. The molecule has 0 radical (unpaired) electrons. The van der Waals surface area contributed by atoms with Crippen LogP contribution >= 0.6 is 0 Å². The molecule has 2 heteroatoms. The van der Waals surface area contributed by atoms with Crippen LogP contribution < -0.4 is 0 Å². The fourth-order valence-electron chi connectivity index (χ4n) is 2.96. The number of halogens is 2. The van der Waals surface area contributed by atoms with Gasteiger partial charge in [-0.3, -0.25) is 0 Å². The Labute approximate surface area is 52.2 Å². The van der Waals surface area contributed by atoms with Crippen molar-refractivity contribution in [3.8, 4) is 0 Å². The van der Waals surface area contributed by atoms with E-state index >= 15 is 0 Å². The molecule has 0 nitrogen and oxygen atoms in total.